The van der Waals surface area contributed by atoms with Gasteiger partial charge in [-0.25, -0.2) is 0 Å². The minimum atomic E-state index is 0.346. The maximum absolute atomic E-state index is 12.5. The molecule has 4 heteroatoms. The SMILES string of the molecule is COC[C@H]1COCCC12CCN(C(=O)CC1CCCC1)CC2. The molecule has 1 spiro atoms. The fourth-order valence-corrected chi connectivity index (χ4v) is 4.76. The molecule has 2 saturated heterocycles. The van der Waals surface area contributed by atoms with E-state index in [-0.39, 0.29) is 0 Å². The van der Waals surface area contributed by atoms with Crippen LogP contribution in [0.15, 0.2) is 0 Å². The number of amides is 1. The van der Waals surface area contributed by atoms with Crippen molar-refractivity contribution in [3.05, 3.63) is 0 Å². The number of ether oxygens (including phenoxy) is 2. The molecule has 0 aromatic carbocycles. The normalized spacial score (nSPS) is 29.1. The van der Waals surface area contributed by atoms with Crippen molar-refractivity contribution in [3.63, 3.8) is 0 Å². The van der Waals surface area contributed by atoms with Gasteiger partial charge in [0.15, 0.2) is 0 Å². The van der Waals surface area contributed by atoms with Crippen LogP contribution in [0.5, 0.6) is 0 Å². The van der Waals surface area contributed by atoms with Crippen molar-refractivity contribution in [3.8, 4) is 0 Å². The van der Waals surface area contributed by atoms with E-state index in [4.69, 9.17) is 9.47 Å². The second-order valence-electron chi connectivity index (χ2n) is 7.57. The lowest BCUT2D eigenvalue weighted by molar-refractivity contribution is -0.139. The van der Waals surface area contributed by atoms with Gasteiger partial charge in [-0.1, -0.05) is 12.8 Å². The first-order valence-electron chi connectivity index (χ1n) is 9.08. The summed E-state index contributed by atoms with van der Waals surface area (Å²) in [4.78, 5) is 14.6. The van der Waals surface area contributed by atoms with Crippen molar-refractivity contribution < 1.29 is 14.3 Å². The fraction of sp³-hybridized carbons (Fsp3) is 0.944. The third-order valence-electron chi connectivity index (χ3n) is 6.35. The number of carbonyl (C=O) groups is 1. The Hall–Kier alpha value is -0.610. The van der Waals surface area contributed by atoms with Crippen LogP contribution in [-0.2, 0) is 14.3 Å². The summed E-state index contributed by atoms with van der Waals surface area (Å²) < 4.78 is 11.1. The predicted octanol–water partition coefficient (Wildman–Crippen LogP) is 2.86. The summed E-state index contributed by atoms with van der Waals surface area (Å²) in [6.45, 7) is 4.35. The first kappa shape index (κ1) is 16.3. The average Bonchev–Trinajstić information content (AvgIpc) is 3.03. The van der Waals surface area contributed by atoms with Gasteiger partial charge in [0.25, 0.3) is 0 Å². The molecule has 126 valence electrons. The Morgan fingerprint density at radius 2 is 1.95 bits per heavy atom. The van der Waals surface area contributed by atoms with Gasteiger partial charge in [0, 0.05) is 39.1 Å². The number of likely N-dealkylation sites (tertiary alicyclic amines) is 1. The van der Waals surface area contributed by atoms with E-state index < -0.39 is 0 Å². The first-order valence-corrected chi connectivity index (χ1v) is 9.08. The van der Waals surface area contributed by atoms with Crippen molar-refractivity contribution in [2.24, 2.45) is 17.3 Å². The highest BCUT2D eigenvalue weighted by Gasteiger charge is 2.44. The van der Waals surface area contributed by atoms with Gasteiger partial charge in [-0.15, -0.1) is 0 Å². The highest BCUT2D eigenvalue weighted by Crippen LogP contribution is 2.45. The number of carbonyl (C=O) groups excluding carboxylic acids is 1. The molecule has 0 bridgehead atoms. The molecule has 3 fully saturated rings. The molecule has 0 aromatic heterocycles. The molecule has 22 heavy (non-hydrogen) atoms. The van der Waals surface area contributed by atoms with Gasteiger partial charge in [0.2, 0.25) is 5.91 Å². The van der Waals surface area contributed by atoms with Crippen molar-refractivity contribution in [1.82, 2.24) is 4.90 Å². The van der Waals surface area contributed by atoms with Gasteiger partial charge in [-0.3, -0.25) is 4.79 Å². The lowest BCUT2D eigenvalue weighted by Gasteiger charge is -2.49. The maximum Gasteiger partial charge on any atom is 0.222 e. The molecule has 3 aliphatic rings. The molecule has 2 aliphatic heterocycles. The Balaban J connectivity index is 1.53. The van der Waals surface area contributed by atoms with Crippen LogP contribution >= 0.6 is 0 Å². The third kappa shape index (κ3) is 3.48. The molecular weight excluding hydrogens is 278 g/mol. The summed E-state index contributed by atoms with van der Waals surface area (Å²) in [5, 5.41) is 0. The molecule has 3 rings (SSSR count). The summed E-state index contributed by atoms with van der Waals surface area (Å²) in [5.41, 5.74) is 0.346. The van der Waals surface area contributed by atoms with Gasteiger partial charge >= 0.3 is 0 Å². The predicted molar refractivity (Wildman–Crippen MR) is 85.6 cm³/mol. The van der Waals surface area contributed by atoms with E-state index in [1.165, 1.54) is 25.7 Å². The van der Waals surface area contributed by atoms with Crippen LogP contribution in [0.2, 0.25) is 0 Å². The number of methoxy groups -OCH3 is 1. The zero-order chi connectivity index (χ0) is 15.4. The van der Waals surface area contributed by atoms with Crippen LogP contribution in [0.25, 0.3) is 0 Å². The topological polar surface area (TPSA) is 38.8 Å². The lowest BCUT2D eigenvalue weighted by Crippen LogP contribution is -2.50. The molecule has 2 heterocycles. The lowest BCUT2D eigenvalue weighted by atomic mass is 9.66. The summed E-state index contributed by atoms with van der Waals surface area (Å²) in [7, 11) is 1.78. The van der Waals surface area contributed by atoms with E-state index in [9.17, 15) is 4.79 Å². The molecule has 1 atom stereocenters. The van der Waals surface area contributed by atoms with E-state index in [1.54, 1.807) is 7.11 Å². The van der Waals surface area contributed by atoms with Gasteiger partial charge in [-0.2, -0.15) is 0 Å². The van der Waals surface area contributed by atoms with Crippen LogP contribution in [0.4, 0.5) is 0 Å². The van der Waals surface area contributed by atoms with E-state index in [0.29, 0.717) is 23.2 Å². The maximum atomic E-state index is 12.5. The summed E-state index contributed by atoms with van der Waals surface area (Å²) in [6.07, 6.45) is 9.33. The molecule has 0 radical (unpaired) electrons. The molecule has 0 unspecified atom stereocenters. The molecule has 1 aliphatic carbocycles. The summed E-state index contributed by atoms with van der Waals surface area (Å²) >= 11 is 0. The Bertz CT molecular complexity index is 369. The van der Waals surface area contributed by atoms with E-state index >= 15 is 0 Å². The summed E-state index contributed by atoms with van der Waals surface area (Å²) in [5.74, 6) is 1.56. The van der Waals surface area contributed by atoms with Crippen molar-refractivity contribution in [2.75, 3.05) is 40.0 Å². The van der Waals surface area contributed by atoms with Crippen LogP contribution in [-0.4, -0.2) is 50.8 Å². The number of hydrogen-bond acceptors (Lipinski definition) is 3. The molecule has 1 saturated carbocycles. The first-order chi connectivity index (χ1) is 10.7. The number of nitrogens with zero attached hydrogens (tertiary/aromatic N) is 1. The Kier molecular flexibility index (Phi) is 5.40. The minimum Gasteiger partial charge on any atom is -0.384 e. The van der Waals surface area contributed by atoms with Gasteiger partial charge in [0.1, 0.15) is 0 Å². The fourth-order valence-electron chi connectivity index (χ4n) is 4.76. The average molecular weight is 309 g/mol. The van der Waals surface area contributed by atoms with E-state index in [1.807, 2.05) is 0 Å². The highest BCUT2D eigenvalue weighted by atomic mass is 16.5. The zero-order valence-electron chi connectivity index (χ0n) is 14.0. The Labute approximate surface area is 134 Å². The minimum absolute atomic E-state index is 0.346. The number of hydrogen-bond donors (Lipinski definition) is 0. The largest absolute Gasteiger partial charge is 0.384 e. The molecule has 1 amide bonds. The number of piperidine rings is 1. The van der Waals surface area contributed by atoms with E-state index in [0.717, 1.165) is 58.6 Å². The van der Waals surface area contributed by atoms with Crippen LogP contribution < -0.4 is 0 Å². The van der Waals surface area contributed by atoms with Crippen molar-refractivity contribution in [1.29, 1.82) is 0 Å². The molecule has 0 aromatic rings. The summed E-state index contributed by atoms with van der Waals surface area (Å²) in [6, 6.07) is 0. The Morgan fingerprint density at radius 1 is 1.23 bits per heavy atom. The Morgan fingerprint density at radius 3 is 2.64 bits per heavy atom. The quantitative estimate of drug-likeness (QED) is 0.801. The second kappa shape index (κ2) is 7.31. The monoisotopic (exact) mass is 309 g/mol. The molecule has 0 N–H and O–H groups in total. The standard InChI is InChI=1S/C18H31NO3/c1-21-13-16-14-22-11-8-18(16)6-9-19(10-7-18)17(20)12-15-4-2-3-5-15/h15-16H,2-14H2,1H3/t16-/m0/s1. The third-order valence-corrected chi connectivity index (χ3v) is 6.35. The van der Waals surface area contributed by atoms with Crippen LogP contribution in [0, 0.1) is 17.3 Å². The van der Waals surface area contributed by atoms with Crippen LogP contribution in [0.1, 0.15) is 51.4 Å². The number of rotatable bonds is 4. The molecular formula is C18H31NO3. The van der Waals surface area contributed by atoms with Gasteiger partial charge in [-0.05, 0) is 43.4 Å². The van der Waals surface area contributed by atoms with Crippen molar-refractivity contribution in [2.45, 2.75) is 51.4 Å². The highest BCUT2D eigenvalue weighted by molar-refractivity contribution is 5.76. The molecule has 4 nitrogen and oxygen atoms in total. The van der Waals surface area contributed by atoms with Gasteiger partial charge < -0.3 is 14.4 Å². The van der Waals surface area contributed by atoms with E-state index in [2.05, 4.69) is 4.90 Å². The smallest absolute Gasteiger partial charge is 0.222 e. The second-order valence-corrected chi connectivity index (χ2v) is 7.57. The van der Waals surface area contributed by atoms with Gasteiger partial charge in [0.05, 0.1) is 13.2 Å². The van der Waals surface area contributed by atoms with Crippen LogP contribution in [0.3, 0.4) is 0 Å². The zero-order valence-corrected chi connectivity index (χ0v) is 14.0. The van der Waals surface area contributed by atoms with Crippen molar-refractivity contribution >= 4 is 5.91 Å².